The first-order valence-electron chi connectivity index (χ1n) is 13.7. The van der Waals surface area contributed by atoms with Crippen LogP contribution in [0.25, 0.3) is 10.6 Å². The number of halogens is 3. The van der Waals surface area contributed by atoms with Gasteiger partial charge in [0.05, 0.1) is 23.1 Å². The molecule has 12 nitrogen and oxygen atoms in total. The van der Waals surface area contributed by atoms with Crippen molar-refractivity contribution in [2.24, 2.45) is 0 Å². The van der Waals surface area contributed by atoms with Crippen molar-refractivity contribution in [2.75, 3.05) is 23.8 Å². The second-order valence-electron chi connectivity index (χ2n) is 12.0. The molecule has 3 rings (SSSR count). The molecule has 0 saturated heterocycles. The van der Waals surface area contributed by atoms with E-state index in [1.165, 1.54) is 42.3 Å². The van der Waals surface area contributed by atoms with E-state index in [0.717, 1.165) is 23.5 Å². The Hall–Kier alpha value is -4.47. The number of alkyl carbamates (subject to hydrolysis) is 1. The minimum absolute atomic E-state index is 0.0240. The summed E-state index contributed by atoms with van der Waals surface area (Å²) in [5, 5.41) is 25.6. The SMILES string of the molecule is CNc1cc(-c2nnc(N(C[C@H](Cc3ccc(C(F)(F)F)cc3)NC(=O)OC(C)(C)C)C(=O)OC(C)(C)C)s2)ccc1[N+](=O)[O-]. The number of aromatic nitrogens is 2. The second kappa shape index (κ2) is 13.7. The number of carbonyl (C=O) groups is 2. The third kappa shape index (κ3) is 10.3. The normalized spacial score (nSPS) is 12.7. The van der Waals surface area contributed by atoms with E-state index in [0.29, 0.717) is 16.1 Å². The zero-order valence-electron chi connectivity index (χ0n) is 25.8. The summed E-state index contributed by atoms with van der Waals surface area (Å²) in [7, 11) is 1.54. The molecule has 0 saturated carbocycles. The summed E-state index contributed by atoms with van der Waals surface area (Å²) in [6, 6.07) is 7.93. The topological polar surface area (TPSA) is 149 Å². The van der Waals surface area contributed by atoms with Gasteiger partial charge in [-0.05, 0) is 77.8 Å². The smallest absolute Gasteiger partial charge is 0.416 e. The van der Waals surface area contributed by atoms with Crippen LogP contribution in [0.2, 0.25) is 0 Å². The lowest BCUT2D eigenvalue weighted by Gasteiger charge is -2.29. The maximum absolute atomic E-state index is 13.5. The molecule has 0 aliphatic carbocycles. The number of carbonyl (C=O) groups excluding carboxylic acids is 2. The lowest BCUT2D eigenvalue weighted by molar-refractivity contribution is -0.383. The Morgan fingerprint density at radius 1 is 1.00 bits per heavy atom. The van der Waals surface area contributed by atoms with Gasteiger partial charge in [-0.25, -0.2) is 14.5 Å². The van der Waals surface area contributed by atoms with Crippen molar-refractivity contribution in [3.63, 3.8) is 0 Å². The highest BCUT2D eigenvalue weighted by Crippen LogP contribution is 2.35. The summed E-state index contributed by atoms with van der Waals surface area (Å²) in [5.41, 5.74) is -1.53. The van der Waals surface area contributed by atoms with Crippen LogP contribution in [0.15, 0.2) is 42.5 Å². The molecule has 2 aromatic carbocycles. The first-order chi connectivity index (χ1) is 20.8. The van der Waals surface area contributed by atoms with Gasteiger partial charge < -0.3 is 20.1 Å². The number of anilines is 2. The number of ether oxygens (including phenoxy) is 2. The third-order valence-electron chi connectivity index (χ3n) is 5.86. The number of hydrogen-bond donors (Lipinski definition) is 2. The maximum atomic E-state index is 13.5. The van der Waals surface area contributed by atoms with Gasteiger partial charge in [0.15, 0.2) is 0 Å². The van der Waals surface area contributed by atoms with E-state index in [2.05, 4.69) is 20.8 Å². The predicted octanol–water partition coefficient (Wildman–Crippen LogP) is 7.05. The number of benzene rings is 2. The van der Waals surface area contributed by atoms with Gasteiger partial charge in [-0.1, -0.05) is 23.5 Å². The summed E-state index contributed by atoms with van der Waals surface area (Å²) >= 11 is 1.00. The summed E-state index contributed by atoms with van der Waals surface area (Å²) in [5.74, 6) is 0. The predicted molar refractivity (Wildman–Crippen MR) is 163 cm³/mol. The lowest BCUT2D eigenvalue weighted by atomic mass is 10.0. The van der Waals surface area contributed by atoms with Gasteiger partial charge in [0.25, 0.3) is 5.69 Å². The highest BCUT2D eigenvalue weighted by molar-refractivity contribution is 7.18. The Morgan fingerprint density at radius 3 is 2.16 bits per heavy atom. The molecule has 0 aliphatic heterocycles. The van der Waals surface area contributed by atoms with E-state index < -0.39 is 46.1 Å². The number of alkyl halides is 3. The van der Waals surface area contributed by atoms with Crippen LogP contribution in [-0.4, -0.2) is 58.1 Å². The minimum atomic E-state index is -4.52. The fourth-order valence-electron chi connectivity index (χ4n) is 3.99. The quantitative estimate of drug-likeness (QED) is 0.183. The van der Waals surface area contributed by atoms with Crippen molar-refractivity contribution in [1.82, 2.24) is 15.5 Å². The molecular formula is C29H35F3N6O6S. The Morgan fingerprint density at radius 2 is 1.62 bits per heavy atom. The molecule has 2 amide bonds. The average molecular weight is 653 g/mol. The Labute approximate surface area is 262 Å². The van der Waals surface area contributed by atoms with Gasteiger partial charge >= 0.3 is 18.4 Å². The van der Waals surface area contributed by atoms with Crippen molar-refractivity contribution in [2.45, 2.75) is 71.4 Å². The van der Waals surface area contributed by atoms with Gasteiger partial charge in [-0.2, -0.15) is 13.2 Å². The van der Waals surface area contributed by atoms with Gasteiger partial charge in [-0.15, -0.1) is 10.2 Å². The van der Waals surface area contributed by atoms with E-state index >= 15 is 0 Å². The summed E-state index contributed by atoms with van der Waals surface area (Å²) in [6.45, 7) is 9.81. The Bertz CT molecular complexity index is 1520. The number of nitro groups is 1. The van der Waals surface area contributed by atoms with Crippen LogP contribution >= 0.6 is 11.3 Å². The number of hydrogen-bond acceptors (Lipinski definition) is 10. The number of nitrogens with zero attached hydrogens (tertiary/aromatic N) is 4. The van der Waals surface area contributed by atoms with Crippen molar-refractivity contribution < 1.29 is 37.2 Å². The van der Waals surface area contributed by atoms with E-state index in [-0.39, 0.29) is 29.5 Å². The molecule has 1 heterocycles. The van der Waals surface area contributed by atoms with E-state index in [9.17, 15) is 32.9 Å². The molecule has 0 spiro atoms. The van der Waals surface area contributed by atoms with Gasteiger partial charge in [0, 0.05) is 18.7 Å². The van der Waals surface area contributed by atoms with E-state index in [4.69, 9.17) is 9.47 Å². The molecular weight excluding hydrogens is 617 g/mol. The first-order valence-corrected chi connectivity index (χ1v) is 14.5. The number of nitrogens with one attached hydrogen (secondary N) is 2. The molecule has 1 atom stereocenters. The molecule has 0 radical (unpaired) electrons. The van der Waals surface area contributed by atoms with Gasteiger partial charge in [0.1, 0.15) is 21.9 Å². The zero-order valence-corrected chi connectivity index (χ0v) is 26.6. The van der Waals surface area contributed by atoms with Crippen LogP contribution < -0.4 is 15.5 Å². The van der Waals surface area contributed by atoms with Crippen LogP contribution in [0.5, 0.6) is 0 Å². The number of nitro benzene ring substituents is 1. The standard InChI is InChI=1S/C29H35F3N6O6S/c1-27(2,3)43-25(39)34-20(14-17-8-11-19(12-9-17)29(30,31)32)16-37(26(40)44-28(4,5)6)24-36-35-23(45-24)18-10-13-22(38(41)42)21(15-18)33-7/h8-13,15,20,33H,14,16H2,1-7H3,(H,34,39)/t20-/m0/s1. The summed E-state index contributed by atoms with van der Waals surface area (Å²) < 4.78 is 50.4. The van der Waals surface area contributed by atoms with Crippen molar-refractivity contribution in [3.05, 3.63) is 63.7 Å². The highest BCUT2D eigenvalue weighted by Gasteiger charge is 2.32. The average Bonchev–Trinajstić information content (AvgIpc) is 3.38. The van der Waals surface area contributed by atoms with Gasteiger partial charge in [0.2, 0.25) is 5.13 Å². The number of rotatable bonds is 9. The van der Waals surface area contributed by atoms with Crippen LogP contribution in [0.1, 0.15) is 52.7 Å². The minimum Gasteiger partial charge on any atom is -0.444 e. The molecule has 0 unspecified atom stereocenters. The Balaban J connectivity index is 2.00. The molecule has 0 aliphatic rings. The molecule has 45 heavy (non-hydrogen) atoms. The molecule has 244 valence electrons. The fraction of sp³-hybridized carbons (Fsp3) is 0.448. The highest BCUT2D eigenvalue weighted by atomic mass is 32.1. The first kappa shape index (κ1) is 35.0. The molecule has 1 aromatic heterocycles. The van der Waals surface area contributed by atoms with Crippen LogP contribution in [0, 0.1) is 10.1 Å². The second-order valence-corrected chi connectivity index (χ2v) is 12.9. The molecule has 0 fully saturated rings. The molecule has 0 bridgehead atoms. The molecule has 16 heteroatoms. The summed E-state index contributed by atoms with van der Waals surface area (Å²) in [4.78, 5) is 38.3. The largest absolute Gasteiger partial charge is 0.444 e. The Kier molecular flexibility index (Phi) is 10.6. The monoisotopic (exact) mass is 652 g/mol. The van der Waals surface area contributed by atoms with E-state index in [1.807, 2.05) is 0 Å². The molecule has 2 N–H and O–H groups in total. The van der Waals surface area contributed by atoms with E-state index in [1.54, 1.807) is 41.5 Å². The fourth-order valence-corrected chi connectivity index (χ4v) is 4.83. The van der Waals surface area contributed by atoms with Crippen molar-refractivity contribution in [1.29, 1.82) is 0 Å². The van der Waals surface area contributed by atoms with Crippen LogP contribution in [-0.2, 0) is 22.1 Å². The maximum Gasteiger partial charge on any atom is 0.416 e. The van der Waals surface area contributed by atoms with Crippen LogP contribution in [0.4, 0.5) is 39.3 Å². The zero-order chi connectivity index (χ0) is 33.7. The molecule has 3 aromatic rings. The van der Waals surface area contributed by atoms with Gasteiger partial charge in [-0.3, -0.25) is 10.1 Å². The van der Waals surface area contributed by atoms with Crippen LogP contribution in [0.3, 0.4) is 0 Å². The lowest BCUT2D eigenvalue weighted by Crippen LogP contribution is -2.49. The van der Waals surface area contributed by atoms with Crippen molar-refractivity contribution in [3.8, 4) is 10.6 Å². The summed E-state index contributed by atoms with van der Waals surface area (Å²) in [6.07, 6.45) is -6.11. The van der Waals surface area contributed by atoms with Crippen molar-refractivity contribution >= 4 is 40.0 Å². The number of amides is 2. The third-order valence-corrected chi connectivity index (χ3v) is 6.85.